The summed E-state index contributed by atoms with van der Waals surface area (Å²) in [6.45, 7) is 0.733. The van der Waals surface area contributed by atoms with Crippen molar-refractivity contribution in [2.45, 2.75) is 24.8 Å². The molecule has 1 amide bonds. The van der Waals surface area contributed by atoms with Crippen molar-refractivity contribution in [1.29, 1.82) is 0 Å². The molecule has 2 aromatic rings. The van der Waals surface area contributed by atoms with Crippen LogP contribution in [0, 0.1) is 0 Å². The molecule has 0 radical (unpaired) electrons. The van der Waals surface area contributed by atoms with Crippen LogP contribution in [0.4, 0.5) is 0 Å². The minimum absolute atomic E-state index is 0.0154. The Morgan fingerprint density at radius 2 is 2.42 bits per heavy atom. The number of hydrogen-bond donors (Lipinski definition) is 1. The molecule has 2 aromatic heterocycles. The van der Waals surface area contributed by atoms with E-state index in [9.17, 15) is 4.79 Å². The molecule has 1 fully saturated rings. The molecule has 100 valence electrons. The first kappa shape index (κ1) is 12.9. The van der Waals surface area contributed by atoms with E-state index >= 15 is 0 Å². The summed E-state index contributed by atoms with van der Waals surface area (Å²) in [5.74, 6) is 0.962. The number of alkyl halides is 1. The highest BCUT2D eigenvalue weighted by molar-refractivity contribution is 9.10. The second-order valence-electron chi connectivity index (χ2n) is 4.48. The molecule has 1 N–H and O–H groups in total. The summed E-state index contributed by atoms with van der Waals surface area (Å²) in [6.07, 6.45) is 3.45. The summed E-state index contributed by atoms with van der Waals surface area (Å²) in [5, 5.41) is 2.88. The zero-order chi connectivity index (χ0) is 13.4. The molecule has 7 heteroatoms. The molecule has 3 rings (SSSR count). The van der Waals surface area contributed by atoms with Crippen LogP contribution in [-0.4, -0.2) is 27.0 Å². The van der Waals surface area contributed by atoms with E-state index in [4.69, 9.17) is 11.6 Å². The van der Waals surface area contributed by atoms with Crippen LogP contribution in [0.2, 0.25) is 0 Å². The Morgan fingerprint density at radius 3 is 3.16 bits per heavy atom. The third-order valence-corrected chi connectivity index (χ3v) is 3.93. The summed E-state index contributed by atoms with van der Waals surface area (Å²) in [4.78, 5) is 20.9. The zero-order valence-corrected chi connectivity index (χ0v) is 12.4. The number of nitrogens with zero attached hydrogens (tertiary/aromatic N) is 3. The van der Waals surface area contributed by atoms with E-state index in [1.807, 2.05) is 10.6 Å². The maximum Gasteiger partial charge on any atom is 0.243 e. The van der Waals surface area contributed by atoms with E-state index in [-0.39, 0.29) is 17.8 Å². The highest BCUT2D eigenvalue weighted by Gasteiger charge is 2.28. The lowest BCUT2D eigenvalue weighted by molar-refractivity contribution is -0.125. The first-order chi connectivity index (χ1) is 9.20. The van der Waals surface area contributed by atoms with Crippen molar-refractivity contribution in [2.24, 2.45) is 0 Å². The van der Waals surface area contributed by atoms with Gasteiger partial charge in [-0.1, -0.05) is 0 Å². The topological polar surface area (TPSA) is 59.8 Å². The van der Waals surface area contributed by atoms with Crippen LogP contribution in [0.3, 0.4) is 0 Å². The van der Waals surface area contributed by atoms with E-state index < -0.39 is 0 Å². The maximum absolute atomic E-state index is 12.0. The van der Waals surface area contributed by atoms with Crippen LogP contribution in [-0.2, 0) is 10.7 Å². The Kier molecular flexibility index (Phi) is 3.45. The Balaban J connectivity index is 2.17. The second-order valence-corrected chi connectivity index (χ2v) is 5.66. The fraction of sp³-hybridized carbons (Fsp3) is 0.417. The number of carbonyl (C=O) groups excluding carboxylic acids is 1. The van der Waals surface area contributed by atoms with Gasteiger partial charge in [-0.2, -0.15) is 0 Å². The largest absolute Gasteiger partial charge is 0.354 e. The van der Waals surface area contributed by atoms with Gasteiger partial charge in [-0.3, -0.25) is 9.36 Å². The van der Waals surface area contributed by atoms with Crippen molar-refractivity contribution in [3.63, 3.8) is 0 Å². The lowest BCUT2D eigenvalue weighted by Gasteiger charge is -2.24. The number of amides is 1. The van der Waals surface area contributed by atoms with Gasteiger partial charge in [-0.05, 0) is 34.8 Å². The number of halogens is 2. The normalized spacial score (nSPS) is 19.7. The van der Waals surface area contributed by atoms with Gasteiger partial charge in [-0.15, -0.1) is 11.6 Å². The average molecular weight is 344 g/mol. The first-order valence-corrected chi connectivity index (χ1v) is 7.39. The Hall–Kier alpha value is -1.14. The molecule has 19 heavy (non-hydrogen) atoms. The zero-order valence-electron chi connectivity index (χ0n) is 10.1. The van der Waals surface area contributed by atoms with Crippen LogP contribution in [0.15, 0.2) is 16.7 Å². The van der Waals surface area contributed by atoms with E-state index in [1.165, 1.54) is 0 Å². The Labute approximate surface area is 123 Å². The lowest BCUT2D eigenvalue weighted by atomic mass is 10.1. The number of aromatic nitrogens is 3. The quantitative estimate of drug-likeness (QED) is 0.852. The molecule has 0 spiro atoms. The predicted octanol–water partition coefficient (Wildman–Crippen LogP) is 2.38. The van der Waals surface area contributed by atoms with Gasteiger partial charge in [0.05, 0.1) is 5.88 Å². The molecular weight excluding hydrogens is 332 g/mol. The molecule has 0 saturated carbocycles. The molecule has 1 unspecified atom stereocenters. The number of imidazole rings is 1. The third kappa shape index (κ3) is 2.23. The highest BCUT2D eigenvalue weighted by atomic mass is 79.9. The van der Waals surface area contributed by atoms with E-state index in [0.717, 1.165) is 29.4 Å². The first-order valence-electron chi connectivity index (χ1n) is 6.06. The molecule has 1 aliphatic rings. The molecule has 1 saturated heterocycles. The van der Waals surface area contributed by atoms with Crippen LogP contribution in [0.5, 0.6) is 0 Å². The maximum atomic E-state index is 12.0. The van der Waals surface area contributed by atoms with Crippen LogP contribution >= 0.6 is 27.5 Å². The third-order valence-electron chi connectivity index (χ3n) is 3.26. The second kappa shape index (κ2) is 5.09. The van der Waals surface area contributed by atoms with Gasteiger partial charge in [0.2, 0.25) is 5.91 Å². The van der Waals surface area contributed by atoms with Crippen LogP contribution in [0.1, 0.15) is 24.7 Å². The van der Waals surface area contributed by atoms with Crippen molar-refractivity contribution in [2.75, 3.05) is 6.54 Å². The fourth-order valence-electron chi connectivity index (χ4n) is 2.43. The molecule has 0 bridgehead atoms. The minimum atomic E-state index is -0.263. The summed E-state index contributed by atoms with van der Waals surface area (Å²) in [7, 11) is 0. The molecule has 0 aromatic carbocycles. The number of fused-ring (bicyclic) bond motifs is 1. The fourth-order valence-corrected chi connectivity index (χ4v) is 2.94. The van der Waals surface area contributed by atoms with E-state index in [2.05, 4.69) is 31.2 Å². The van der Waals surface area contributed by atoms with E-state index in [0.29, 0.717) is 11.5 Å². The summed E-state index contributed by atoms with van der Waals surface area (Å²) >= 11 is 9.33. The molecule has 1 aliphatic heterocycles. The van der Waals surface area contributed by atoms with Crippen LogP contribution in [0.25, 0.3) is 11.2 Å². The highest BCUT2D eigenvalue weighted by Crippen LogP contribution is 2.27. The smallest absolute Gasteiger partial charge is 0.243 e. The van der Waals surface area contributed by atoms with Gasteiger partial charge in [0.1, 0.15) is 17.4 Å². The number of hydrogen-bond acceptors (Lipinski definition) is 3. The number of pyridine rings is 1. The Morgan fingerprint density at radius 1 is 1.58 bits per heavy atom. The van der Waals surface area contributed by atoms with Gasteiger partial charge >= 0.3 is 0 Å². The van der Waals surface area contributed by atoms with Gasteiger partial charge in [0.15, 0.2) is 5.65 Å². The number of rotatable bonds is 2. The minimum Gasteiger partial charge on any atom is -0.354 e. The molecule has 1 atom stereocenters. The SMILES string of the molecule is O=C1NCCCC1n1c(CCl)nc2cc(Br)cnc21. The van der Waals surface area contributed by atoms with E-state index in [1.54, 1.807) is 6.20 Å². The van der Waals surface area contributed by atoms with Crippen molar-refractivity contribution in [1.82, 2.24) is 19.9 Å². The number of carbonyl (C=O) groups is 1. The monoisotopic (exact) mass is 342 g/mol. The van der Waals surface area contributed by atoms with Crippen molar-refractivity contribution in [3.05, 3.63) is 22.6 Å². The van der Waals surface area contributed by atoms with Crippen molar-refractivity contribution < 1.29 is 4.79 Å². The Bertz CT molecular complexity index is 642. The van der Waals surface area contributed by atoms with Crippen molar-refractivity contribution >= 4 is 44.6 Å². The molecular formula is C12H12BrClN4O. The van der Waals surface area contributed by atoms with Gasteiger partial charge in [0.25, 0.3) is 0 Å². The molecule has 0 aliphatic carbocycles. The number of piperidine rings is 1. The molecule has 3 heterocycles. The average Bonchev–Trinajstić information content (AvgIpc) is 2.76. The summed E-state index contributed by atoms with van der Waals surface area (Å²) in [5.41, 5.74) is 1.46. The summed E-state index contributed by atoms with van der Waals surface area (Å²) < 4.78 is 2.72. The van der Waals surface area contributed by atoms with Gasteiger partial charge in [0, 0.05) is 17.2 Å². The predicted molar refractivity (Wildman–Crippen MR) is 76.1 cm³/mol. The van der Waals surface area contributed by atoms with Gasteiger partial charge in [-0.25, -0.2) is 9.97 Å². The van der Waals surface area contributed by atoms with Gasteiger partial charge < -0.3 is 5.32 Å². The van der Waals surface area contributed by atoms with Crippen molar-refractivity contribution in [3.8, 4) is 0 Å². The standard InChI is InChI=1S/C12H12BrClN4O/c13-7-4-8-11(16-6-7)18(10(5-14)17-8)9-2-1-3-15-12(9)19/h4,6,9H,1-3,5H2,(H,15,19). The lowest BCUT2D eigenvalue weighted by Crippen LogP contribution is -2.38. The summed E-state index contributed by atoms with van der Waals surface area (Å²) in [6, 6.07) is 1.62. The molecule has 5 nitrogen and oxygen atoms in total. The number of nitrogens with one attached hydrogen (secondary N) is 1. The van der Waals surface area contributed by atoms with Crippen LogP contribution < -0.4 is 5.32 Å².